The number of pyridine rings is 1. The number of carbonyl (C=O) groups excluding carboxylic acids is 1. The molecule has 0 atom stereocenters. The highest BCUT2D eigenvalue weighted by atomic mass is 35.5. The average Bonchev–Trinajstić information content (AvgIpc) is 2.81. The summed E-state index contributed by atoms with van der Waals surface area (Å²) in [6.45, 7) is 0. The molecule has 3 aromatic rings. The maximum atomic E-state index is 11.4. The third kappa shape index (κ3) is 2.56. The van der Waals surface area contributed by atoms with Gasteiger partial charge in [-0.3, -0.25) is 4.79 Å². The summed E-state index contributed by atoms with van der Waals surface area (Å²) in [5, 5.41) is 1.41. The van der Waals surface area contributed by atoms with Gasteiger partial charge in [0.05, 0.1) is 16.1 Å². The molecule has 112 valence electrons. The fourth-order valence-electron chi connectivity index (χ4n) is 1.96. The molecule has 0 spiro atoms. The second kappa shape index (κ2) is 5.64. The normalized spacial score (nSPS) is 10.8. The summed E-state index contributed by atoms with van der Waals surface area (Å²) >= 11 is 13.1. The first-order valence-electron chi connectivity index (χ1n) is 6.07. The number of hydrogen-bond donors (Lipinski definition) is 2. The third-order valence-corrected chi connectivity index (χ3v) is 4.60. The van der Waals surface area contributed by atoms with Crippen molar-refractivity contribution in [3.8, 4) is 11.5 Å². The molecule has 4 N–H and O–H groups in total. The molecule has 3 rings (SSSR count). The molecule has 2 aromatic heterocycles. The molecule has 0 aliphatic heterocycles. The molecule has 0 saturated carbocycles. The highest BCUT2D eigenvalue weighted by Gasteiger charge is 2.19. The third-order valence-electron chi connectivity index (χ3n) is 2.93. The van der Waals surface area contributed by atoms with Crippen molar-refractivity contribution in [2.75, 3.05) is 5.73 Å². The van der Waals surface area contributed by atoms with Crippen molar-refractivity contribution in [2.45, 2.75) is 0 Å². The molecule has 2 heterocycles. The highest BCUT2D eigenvalue weighted by Crippen LogP contribution is 2.41. The lowest BCUT2D eigenvalue weighted by atomic mass is 10.2. The van der Waals surface area contributed by atoms with Crippen LogP contribution in [0.15, 0.2) is 30.5 Å². The van der Waals surface area contributed by atoms with Crippen molar-refractivity contribution in [3.05, 3.63) is 45.4 Å². The number of primary amides is 1. The van der Waals surface area contributed by atoms with Crippen molar-refractivity contribution >= 4 is 56.3 Å². The van der Waals surface area contributed by atoms with Gasteiger partial charge in [0, 0.05) is 17.3 Å². The van der Waals surface area contributed by atoms with Crippen LogP contribution in [-0.2, 0) is 0 Å². The van der Waals surface area contributed by atoms with E-state index in [0.29, 0.717) is 31.8 Å². The minimum Gasteiger partial charge on any atom is -0.455 e. The van der Waals surface area contributed by atoms with E-state index < -0.39 is 5.91 Å². The number of nitrogens with zero attached hydrogens (tertiary/aromatic N) is 1. The number of halogens is 2. The van der Waals surface area contributed by atoms with Gasteiger partial charge in [0.2, 0.25) is 0 Å². The second-order valence-corrected chi connectivity index (χ2v) is 6.22. The molecule has 5 nitrogen and oxygen atoms in total. The van der Waals surface area contributed by atoms with Gasteiger partial charge in [-0.15, -0.1) is 11.3 Å². The lowest BCUT2D eigenvalue weighted by Crippen LogP contribution is -2.10. The van der Waals surface area contributed by atoms with Crippen LogP contribution in [0.25, 0.3) is 10.2 Å². The number of carbonyl (C=O) groups is 1. The molecule has 0 aliphatic carbocycles. The van der Waals surface area contributed by atoms with Crippen LogP contribution in [0.5, 0.6) is 11.5 Å². The SMILES string of the molecule is NC(=O)c1sc2nccc(Oc3cc(Cl)ccc3Cl)c2c1N. The largest absolute Gasteiger partial charge is 0.455 e. The fraction of sp³-hybridized carbons (Fsp3) is 0. The van der Waals surface area contributed by atoms with Crippen LogP contribution >= 0.6 is 34.5 Å². The topological polar surface area (TPSA) is 91.2 Å². The van der Waals surface area contributed by atoms with E-state index in [1.807, 2.05) is 0 Å². The summed E-state index contributed by atoms with van der Waals surface area (Å²) in [7, 11) is 0. The predicted octanol–water partition coefficient (Wildman–Crippen LogP) is 4.08. The van der Waals surface area contributed by atoms with E-state index in [2.05, 4.69) is 4.98 Å². The van der Waals surface area contributed by atoms with Crippen molar-refractivity contribution in [1.29, 1.82) is 0 Å². The van der Waals surface area contributed by atoms with E-state index in [4.69, 9.17) is 39.4 Å². The minimum atomic E-state index is -0.604. The van der Waals surface area contributed by atoms with Gasteiger partial charge >= 0.3 is 0 Å². The van der Waals surface area contributed by atoms with Crippen molar-refractivity contribution in [1.82, 2.24) is 4.98 Å². The van der Waals surface area contributed by atoms with Crippen molar-refractivity contribution < 1.29 is 9.53 Å². The lowest BCUT2D eigenvalue weighted by molar-refractivity contribution is 0.100. The number of nitrogens with two attached hydrogens (primary N) is 2. The Balaban J connectivity index is 2.15. The van der Waals surface area contributed by atoms with E-state index in [1.165, 1.54) is 0 Å². The average molecular weight is 354 g/mol. The summed E-state index contributed by atoms with van der Waals surface area (Å²) in [4.78, 5) is 16.4. The molecule has 0 bridgehead atoms. The molecule has 22 heavy (non-hydrogen) atoms. The van der Waals surface area contributed by atoms with E-state index in [0.717, 1.165) is 11.3 Å². The molecule has 0 radical (unpaired) electrons. The summed E-state index contributed by atoms with van der Waals surface area (Å²) in [5.74, 6) is 0.204. The summed E-state index contributed by atoms with van der Waals surface area (Å²) in [5.41, 5.74) is 11.5. The van der Waals surface area contributed by atoms with Crippen LogP contribution in [0, 0.1) is 0 Å². The lowest BCUT2D eigenvalue weighted by Gasteiger charge is -2.09. The number of hydrogen-bond acceptors (Lipinski definition) is 5. The number of anilines is 1. The smallest absolute Gasteiger partial charge is 0.260 e. The van der Waals surface area contributed by atoms with E-state index in [1.54, 1.807) is 30.5 Å². The Morgan fingerprint density at radius 3 is 2.73 bits per heavy atom. The molecule has 1 amide bonds. The molecular weight excluding hydrogens is 345 g/mol. The fourth-order valence-corrected chi connectivity index (χ4v) is 3.21. The molecular formula is C14H9Cl2N3O2S. The number of rotatable bonds is 3. The Labute approximate surface area is 139 Å². The van der Waals surface area contributed by atoms with Gasteiger partial charge in [0.25, 0.3) is 5.91 Å². The van der Waals surface area contributed by atoms with Gasteiger partial charge in [0.15, 0.2) is 0 Å². The number of fused-ring (bicyclic) bond motifs is 1. The van der Waals surface area contributed by atoms with Crippen LogP contribution in [0.2, 0.25) is 10.0 Å². The maximum Gasteiger partial charge on any atom is 0.260 e. The van der Waals surface area contributed by atoms with Crippen LogP contribution in [0.3, 0.4) is 0 Å². The van der Waals surface area contributed by atoms with Gasteiger partial charge in [-0.25, -0.2) is 4.98 Å². The first-order valence-corrected chi connectivity index (χ1v) is 7.64. The number of thiophene rings is 1. The minimum absolute atomic E-state index is 0.244. The zero-order valence-electron chi connectivity index (χ0n) is 11.0. The van der Waals surface area contributed by atoms with Crippen molar-refractivity contribution in [2.24, 2.45) is 5.73 Å². The van der Waals surface area contributed by atoms with E-state index in [9.17, 15) is 4.79 Å². The summed E-state index contributed by atoms with van der Waals surface area (Å²) in [6, 6.07) is 6.51. The molecule has 8 heteroatoms. The van der Waals surface area contributed by atoms with Gasteiger partial charge in [-0.05, 0) is 18.2 Å². The van der Waals surface area contributed by atoms with Gasteiger partial charge in [0.1, 0.15) is 21.2 Å². The number of aromatic nitrogens is 1. The standard InChI is InChI=1S/C14H9Cl2N3O2S/c15-6-1-2-7(16)9(5-6)21-8-3-4-19-14-10(8)11(17)12(22-14)13(18)20/h1-5H,17H2,(H2,18,20). The van der Waals surface area contributed by atoms with Crippen LogP contribution in [-0.4, -0.2) is 10.9 Å². The number of benzene rings is 1. The van der Waals surface area contributed by atoms with E-state index in [-0.39, 0.29) is 10.6 Å². The Bertz CT molecular complexity index is 895. The maximum absolute atomic E-state index is 11.4. The van der Waals surface area contributed by atoms with Crippen LogP contribution < -0.4 is 16.2 Å². The summed E-state index contributed by atoms with van der Waals surface area (Å²) in [6.07, 6.45) is 1.55. The van der Waals surface area contributed by atoms with Gasteiger partial charge in [-0.1, -0.05) is 23.2 Å². The monoisotopic (exact) mass is 353 g/mol. The Kier molecular flexibility index (Phi) is 3.82. The van der Waals surface area contributed by atoms with E-state index >= 15 is 0 Å². The quantitative estimate of drug-likeness (QED) is 0.741. The Morgan fingerprint density at radius 2 is 2.00 bits per heavy atom. The second-order valence-electron chi connectivity index (χ2n) is 4.38. The first kappa shape index (κ1) is 14.9. The van der Waals surface area contributed by atoms with Crippen molar-refractivity contribution in [3.63, 3.8) is 0 Å². The molecule has 0 fully saturated rings. The summed E-state index contributed by atoms with van der Waals surface area (Å²) < 4.78 is 5.80. The number of ether oxygens (including phenoxy) is 1. The van der Waals surface area contributed by atoms with Crippen LogP contribution in [0.1, 0.15) is 9.67 Å². The Hall–Kier alpha value is -2.02. The van der Waals surface area contributed by atoms with Gasteiger partial charge < -0.3 is 16.2 Å². The number of amides is 1. The zero-order valence-corrected chi connectivity index (χ0v) is 13.3. The molecule has 0 saturated heterocycles. The first-order chi connectivity index (χ1) is 10.5. The van der Waals surface area contributed by atoms with Crippen LogP contribution in [0.4, 0.5) is 5.69 Å². The number of nitrogen functional groups attached to an aromatic ring is 1. The predicted molar refractivity (Wildman–Crippen MR) is 89.1 cm³/mol. The zero-order chi connectivity index (χ0) is 15.9. The highest BCUT2D eigenvalue weighted by molar-refractivity contribution is 7.21. The van der Waals surface area contributed by atoms with Gasteiger partial charge in [-0.2, -0.15) is 0 Å². The Morgan fingerprint density at radius 1 is 1.23 bits per heavy atom. The molecule has 0 aliphatic rings. The molecule has 1 aromatic carbocycles. The molecule has 0 unspecified atom stereocenters.